The molecule has 26 heavy (non-hydrogen) atoms. The Balaban J connectivity index is 1.49. The lowest BCUT2D eigenvalue weighted by Crippen LogP contribution is -3.15. The SMILES string of the molecule is O=C(C[NH+]1CCN(S(=O)(=O)/C=C/c2ccccc2)CC1)N1CCCCC1. The van der Waals surface area contributed by atoms with Gasteiger partial charge < -0.3 is 9.80 Å². The van der Waals surface area contributed by atoms with E-state index in [4.69, 9.17) is 0 Å². The van der Waals surface area contributed by atoms with Gasteiger partial charge in [-0.15, -0.1) is 0 Å². The maximum absolute atomic E-state index is 12.5. The van der Waals surface area contributed by atoms with Crippen LogP contribution in [0.15, 0.2) is 35.7 Å². The second-order valence-electron chi connectivity index (χ2n) is 7.03. The van der Waals surface area contributed by atoms with Gasteiger partial charge in [-0.1, -0.05) is 30.3 Å². The van der Waals surface area contributed by atoms with Gasteiger partial charge in [-0.25, -0.2) is 8.42 Å². The highest BCUT2D eigenvalue weighted by Gasteiger charge is 2.29. The number of likely N-dealkylation sites (tertiary alicyclic amines) is 1. The molecular weight excluding hydrogens is 350 g/mol. The molecule has 0 aliphatic carbocycles. The van der Waals surface area contributed by atoms with E-state index in [0.717, 1.165) is 31.5 Å². The Hall–Kier alpha value is -1.70. The summed E-state index contributed by atoms with van der Waals surface area (Å²) >= 11 is 0. The van der Waals surface area contributed by atoms with Crippen LogP contribution in [0.3, 0.4) is 0 Å². The Morgan fingerprint density at radius 1 is 1.00 bits per heavy atom. The summed E-state index contributed by atoms with van der Waals surface area (Å²) in [7, 11) is -3.41. The molecule has 2 fully saturated rings. The van der Waals surface area contributed by atoms with Crippen molar-refractivity contribution in [3.05, 3.63) is 41.3 Å². The van der Waals surface area contributed by atoms with Crippen LogP contribution in [0.1, 0.15) is 24.8 Å². The maximum atomic E-state index is 12.5. The number of hydrogen-bond donors (Lipinski definition) is 1. The van der Waals surface area contributed by atoms with E-state index >= 15 is 0 Å². The van der Waals surface area contributed by atoms with Crippen molar-refractivity contribution in [2.45, 2.75) is 19.3 Å². The van der Waals surface area contributed by atoms with E-state index < -0.39 is 10.0 Å². The molecule has 3 rings (SSSR count). The molecule has 0 aromatic heterocycles. The van der Waals surface area contributed by atoms with Gasteiger partial charge in [0, 0.05) is 18.5 Å². The molecule has 142 valence electrons. The Kier molecular flexibility index (Phi) is 6.45. The van der Waals surface area contributed by atoms with Crippen LogP contribution in [0.2, 0.25) is 0 Å². The monoisotopic (exact) mass is 378 g/mol. The van der Waals surface area contributed by atoms with Crippen LogP contribution < -0.4 is 4.90 Å². The number of nitrogens with zero attached hydrogens (tertiary/aromatic N) is 2. The first kappa shape index (κ1) is 19.1. The second kappa shape index (κ2) is 8.79. The van der Waals surface area contributed by atoms with Gasteiger partial charge in [0.05, 0.1) is 26.2 Å². The van der Waals surface area contributed by atoms with Crippen LogP contribution in [-0.4, -0.2) is 69.3 Å². The summed E-state index contributed by atoms with van der Waals surface area (Å²) < 4.78 is 26.5. The van der Waals surface area contributed by atoms with Crippen molar-refractivity contribution < 1.29 is 18.1 Å². The van der Waals surface area contributed by atoms with Gasteiger partial charge in [0.2, 0.25) is 10.0 Å². The van der Waals surface area contributed by atoms with Crippen molar-refractivity contribution in [2.24, 2.45) is 0 Å². The molecule has 0 saturated carbocycles. The number of carbonyl (C=O) groups excluding carboxylic acids is 1. The summed E-state index contributed by atoms with van der Waals surface area (Å²) in [5, 5.41) is 1.28. The van der Waals surface area contributed by atoms with Crippen LogP contribution in [0.5, 0.6) is 0 Å². The molecule has 0 unspecified atom stereocenters. The van der Waals surface area contributed by atoms with Crippen LogP contribution in [0.25, 0.3) is 6.08 Å². The highest BCUT2D eigenvalue weighted by molar-refractivity contribution is 7.92. The minimum atomic E-state index is -3.41. The molecule has 7 heteroatoms. The van der Waals surface area contributed by atoms with Crippen molar-refractivity contribution in [3.8, 4) is 0 Å². The summed E-state index contributed by atoms with van der Waals surface area (Å²) in [6, 6.07) is 9.42. The normalized spacial score (nSPS) is 20.5. The van der Waals surface area contributed by atoms with Crippen LogP contribution in [0.4, 0.5) is 0 Å². The fraction of sp³-hybridized carbons (Fsp3) is 0.526. The third-order valence-corrected chi connectivity index (χ3v) is 6.70. The molecular formula is C19H28N3O3S+. The molecule has 6 nitrogen and oxygen atoms in total. The Morgan fingerprint density at radius 3 is 2.31 bits per heavy atom. The molecule has 0 spiro atoms. The standard InChI is InChI=1S/C19H27N3O3S/c23-19(21-10-5-2-6-11-21)17-20-12-14-22(15-13-20)26(24,25)16-9-18-7-3-1-4-8-18/h1,3-4,7-9,16H,2,5-6,10-15,17H2/p+1/b16-9+. The number of amides is 1. The number of nitrogens with one attached hydrogen (secondary N) is 1. The van der Waals surface area contributed by atoms with Crippen molar-refractivity contribution in [3.63, 3.8) is 0 Å². The maximum Gasteiger partial charge on any atom is 0.277 e. The highest BCUT2D eigenvalue weighted by Crippen LogP contribution is 2.09. The van der Waals surface area contributed by atoms with Crippen molar-refractivity contribution in [2.75, 3.05) is 45.8 Å². The lowest BCUT2D eigenvalue weighted by molar-refractivity contribution is -0.896. The van der Waals surface area contributed by atoms with Gasteiger partial charge in [-0.2, -0.15) is 4.31 Å². The number of rotatable bonds is 5. The molecule has 1 amide bonds. The van der Waals surface area contributed by atoms with E-state index in [2.05, 4.69) is 0 Å². The number of carbonyl (C=O) groups is 1. The largest absolute Gasteiger partial charge is 0.338 e. The van der Waals surface area contributed by atoms with Gasteiger partial charge in [-0.3, -0.25) is 4.79 Å². The molecule has 1 aromatic rings. The van der Waals surface area contributed by atoms with Gasteiger partial charge >= 0.3 is 0 Å². The molecule has 0 radical (unpaired) electrons. The van der Waals surface area contributed by atoms with Gasteiger partial charge in [-0.05, 0) is 30.9 Å². The van der Waals surface area contributed by atoms with Gasteiger partial charge in [0.15, 0.2) is 6.54 Å². The second-order valence-corrected chi connectivity index (χ2v) is 8.84. The smallest absolute Gasteiger partial charge is 0.277 e. The molecule has 2 aliphatic rings. The summed E-state index contributed by atoms with van der Waals surface area (Å²) in [5.41, 5.74) is 0.868. The van der Waals surface area contributed by atoms with Crippen LogP contribution in [-0.2, 0) is 14.8 Å². The molecule has 1 N–H and O–H groups in total. The molecule has 2 aliphatic heterocycles. The summed E-state index contributed by atoms with van der Waals surface area (Å²) in [5.74, 6) is 0.208. The van der Waals surface area contributed by atoms with E-state index in [0.29, 0.717) is 32.7 Å². The Morgan fingerprint density at radius 2 is 1.65 bits per heavy atom. The fourth-order valence-electron chi connectivity index (χ4n) is 3.52. The van der Waals surface area contributed by atoms with Crippen LogP contribution >= 0.6 is 0 Å². The zero-order valence-corrected chi connectivity index (χ0v) is 16.0. The first-order chi connectivity index (χ1) is 12.5. The number of piperazine rings is 1. The van der Waals surface area contributed by atoms with E-state index in [9.17, 15) is 13.2 Å². The van der Waals surface area contributed by atoms with Crippen LogP contribution in [0, 0.1) is 0 Å². The fourth-order valence-corrected chi connectivity index (χ4v) is 4.71. The number of benzene rings is 1. The average Bonchev–Trinajstić information content (AvgIpc) is 2.68. The van der Waals surface area contributed by atoms with E-state index in [1.807, 2.05) is 35.2 Å². The predicted octanol–water partition coefficient (Wildman–Crippen LogP) is 0.200. The van der Waals surface area contributed by atoms with Crippen molar-refractivity contribution in [1.82, 2.24) is 9.21 Å². The molecule has 1 aromatic carbocycles. The predicted molar refractivity (Wildman–Crippen MR) is 102 cm³/mol. The Bertz CT molecular complexity index is 720. The number of piperidine rings is 1. The minimum Gasteiger partial charge on any atom is -0.338 e. The first-order valence-corrected chi connectivity index (χ1v) is 10.9. The van der Waals surface area contributed by atoms with Crippen molar-refractivity contribution >= 4 is 22.0 Å². The van der Waals surface area contributed by atoms with E-state index in [1.54, 1.807) is 6.08 Å². The van der Waals surface area contributed by atoms with Gasteiger partial charge in [0.1, 0.15) is 0 Å². The van der Waals surface area contributed by atoms with Gasteiger partial charge in [0.25, 0.3) is 5.91 Å². The zero-order valence-electron chi connectivity index (χ0n) is 15.1. The molecule has 0 bridgehead atoms. The average molecular weight is 379 g/mol. The van der Waals surface area contributed by atoms with E-state index in [-0.39, 0.29) is 5.91 Å². The number of quaternary nitrogens is 1. The highest BCUT2D eigenvalue weighted by atomic mass is 32.2. The quantitative estimate of drug-likeness (QED) is 0.796. The third kappa shape index (κ3) is 5.16. The topological polar surface area (TPSA) is 62.1 Å². The zero-order chi connectivity index (χ0) is 18.4. The Labute approximate surface area is 156 Å². The lowest BCUT2D eigenvalue weighted by atomic mass is 10.1. The van der Waals surface area contributed by atoms with E-state index in [1.165, 1.54) is 21.0 Å². The van der Waals surface area contributed by atoms with Crippen molar-refractivity contribution in [1.29, 1.82) is 0 Å². The molecule has 2 heterocycles. The number of hydrogen-bond acceptors (Lipinski definition) is 3. The molecule has 0 atom stereocenters. The first-order valence-electron chi connectivity index (χ1n) is 9.39. The summed E-state index contributed by atoms with van der Waals surface area (Å²) in [6.45, 7) is 4.51. The summed E-state index contributed by atoms with van der Waals surface area (Å²) in [6.07, 6.45) is 5.04. The summed E-state index contributed by atoms with van der Waals surface area (Å²) in [4.78, 5) is 15.5. The third-order valence-electron chi connectivity index (χ3n) is 5.13. The molecule has 2 saturated heterocycles. The number of sulfonamides is 1. The minimum absolute atomic E-state index is 0.208. The lowest BCUT2D eigenvalue weighted by Gasteiger charge is -2.32.